The summed E-state index contributed by atoms with van der Waals surface area (Å²) in [7, 11) is 5.84. The Morgan fingerprint density at radius 3 is 2.72 bits per heavy atom. The molecule has 0 radical (unpaired) electrons. The molecular weight excluding hydrogens is 499 g/mol. The SMILES string of the molecule is C=CC(=O)Nc1cc(Nc2nccc(-c3cn(C)c4ccc(F)cc34)n2)c(OC(C)C)nc1NCCN(C)C. The number of aromatic nitrogens is 4. The first-order valence-corrected chi connectivity index (χ1v) is 12.5. The largest absolute Gasteiger partial charge is 0.473 e. The molecule has 0 atom stereocenters. The van der Waals surface area contributed by atoms with Gasteiger partial charge in [0, 0.05) is 49.0 Å². The van der Waals surface area contributed by atoms with E-state index in [4.69, 9.17) is 4.74 Å². The number of aryl methyl sites for hydroxylation is 1. The maximum Gasteiger partial charge on any atom is 0.247 e. The summed E-state index contributed by atoms with van der Waals surface area (Å²) in [5, 5.41) is 9.99. The van der Waals surface area contributed by atoms with E-state index in [1.54, 1.807) is 24.4 Å². The predicted molar refractivity (Wildman–Crippen MR) is 153 cm³/mol. The zero-order valence-electron chi connectivity index (χ0n) is 22.7. The Morgan fingerprint density at radius 1 is 1.21 bits per heavy atom. The number of nitrogens with one attached hydrogen (secondary N) is 3. The van der Waals surface area contributed by atoms with E-state index in [9.17, 15) is 9.18 Å². The molecule has 39 heavy (non-hydrogen) atoms. The highest BCUT2D eigenvalue weighted by atomic mass is 19.1. The lowest BCUT2D eigenvalue weighted by atomic mass is 10.1. The van der Waals surface area contributed by atoms with Gasteiger partial charge in [0.2, 0.25) is 17.7 Å². The molecule has 0 saturated heterocycles. The molecule has 1 aromatic carbocycles. The van der Waals surface area contributed by atoms with E-state index < -0.39 is 0 Å². The second kappa shape index (κ2) is 11.9. The molecule has 4 aromatic rings. The van der Waals surface area contributed by atoms with Crippen molar-refractivity contribution >= 4 is 40.0 Å². The molecule has 1 amide bonds. The molecule has 0 fully saturated rings. The van der Waals surface area contributed by atoms with Crippen LogP contribution in [0.2, 0.25) is 0 Å². The average molecular weight is 533 g/mol. The Labute approximate surface area is 226 Å². The number of fused-ring (bicyclic) bond motifs is 1. The van der Waals surface area contributed by atoms with Gasteiger partial charge in [-0.15, -0.1) is 0 Å². The summed E-state index contributed by atoms with van der Waals surface area (Å²) in [4.78, 5) is 27.9. The first kappa shape index (κ1) is 27.5. The molecule has 0 bridgehead atoms. The van der Waals surface area contributed by atoms with Gasteiger partial charge in [0.15, 0.2) is 5.82 Å². The molecule has 3 aromatic heterocycles. The van der Waals surface area contributed by atoms with Crippen LogP contribution in [0.1, 0.15) is 13.8 Å². The molecule has 11 heteroatoms. The number of halogens is 1. The van der Waals surface area contributed by atoms with Gasteiger partial charge in [-0.25, -0.2) is 14.4 Å². The lowest BCUT2D eigenvalue weighted by molar-refractivity contribution is -0.111. The van der Waals surface area contributed by atoms with Gasteiger partial charge in [-0.1, -0.05) is 6.58 Å². The van der Waals surface area contributed by atoms with Crippen molar-refractivity contribution in [3.63, 3.8) is 0 Å². The molecule has 204 valence electrons. The average Bonchev–Trinajstić information content (AvgIpc) is 3.21. The van der Waals surface area contributed by atoms with Crippen molar-refractivity contribution in [3.8, 4) is 17.1 Å². The van der Waals surface area contributed by atoms with E-state index in [0.717, 1.165) is 23.0 Å². The van der Waals surface area contributed by atoms with Crippen LogP contribution in [0.5, 0.6) is 5.88 Å². The van der Waals surface area contributed by atoms with Gasteiger partial charge in [-0.3, -0.25) is 4.79 Å². The standard InChI is InChI=1S/C28H33FN8O2/c1-7-25(38)32-22-15-23(27(39-17(2)3)35-26(22)30-12-13-36(4)5)34-28-31-11-10-21(33-28)20-16-37(6)24-9-8-18(29)14-19(20)24/h7-11,14-17H,1,12-13H2,2-6H3,(H,30,35)(H,32,38)(H,31,33,34). The fourth-order valence-corrected chi connectivity index (χ4v) is 3.97. The Kier molecular flexibility index (Phi) is 8.40. The number of ether oxygens (including phenoxy) is 1. The number of pyridine rings is 1. The third-order valence-corrected chi connectivity index (χ3v) is 5.76. The van der Waals surface area contributed by atoms with Crippen LogP contribution >= 0.6 is 0 Å². The van der Waals surface area contributed by atoms with Crippen molar-refractivity contribution in [1.29, 1.82) is 0 Å². The number of amides is 1. The summed E-state index contributed by atoms with van der Waals surface area (Å²) in [6.07, 6.45) is 4.55. The molecule has 0 aliphatic carbocycles. The highest BCUT2D eigenvalue weighted by molar-refractivity contribution is 6.01. The Bertz CT molecular complexity index is 1500. The predicted octanol–water partition coefficient (Wildman–Crippen LogP) is 4.80. The molecule has 3 heterocycles. The summed E-state index contributed by atoms with van der Waals surface area (Å²) in [5.41, 5.74) is 3.18. The highest BCUT2D eigenvalue weighted by Crippen LogP contribution is 2.35. The molecule has 0 spiro atoms. The Morgan fingerprint density at radius 2 is 2.00 bits per heavy atom. The molecule has 10 nitrogen and oxygen atoms in total. The zero-order chi connectivity index (χ0) is 28.1. The number of carbonyl (C=O) groups excluding carboxylic acids is 1. The van der Waals surface area contributed by atoms with Crippen LogP contribution < -0.4 is 20.7 Å². The van der Waals surface area contributed by atoms with E-state index in [-0.39, 0.29) is 23.8 Å². The first-order valence-electron chi connectivity index (χ1n) is 12.5. The minimum Gasteiger partial charge on any atom is -0.473 e. The van der Waals surface area contributed by atoms with Gasteiger partial charge in [0.1, 0.15) is 11.5 Å². The summed E-state index contributed by atoms with van der Waals surface area (Å²) in [6.45, 7) is 8.69. The van der Waals surface area contributed by atoms with Crippen LogP contribution in [0.25, 0.3) is 22.2 Å². The maximum absolute atomic E-state index is 14.0. The van der Waals surface area contributed by atoms with E-state index in [1.807, 2.05) is 50.7 Å². The van der Waals surface area contributed by atoms with Crippen LogP contribution in [0, 0.1) is 5.82 Å². The smallest absolute Gasteiger partial charge is 0.247 e. The Balaban J connectivity index is 1.73. The summed E-state index contributed by atoms with van der Waals surface area (Å²) in [6, 6.07) is 8.15. The van der Waals surface area contributed by atoms with Crippen LogP contribution in [0.15, 0.2) is 55.4 Å². The van der Waals surface area contributed by atoms with Crippen molar-refractivity contribution in [3.05, 3.63) is 61.2 Å². The third kappa shape index (κ3) is 6.68. The molecule has 3 N–H and O–H groups in total. The van der Waals surface area contributed by atoms with Gasteiger partial charge in [0.25, 0.3) is 0 Å². The third-order valence-electron chi connectivity index (χ3n) is 5.76. The van der Waals surface area contributed by atoms with Crippen molar-refractivity contribution in [1.82, 2.24) is 24.4 Å². The van der Waals surface area contributed by atoms with Crippen molar-refractivity contribution in [2.75, 3.05) is 43.1 Å². The van der Waals surface area contributed by atoms with Gasteiger partial charge < -0.3 is 30.2 Å². The second-order valence-electron chi connectivity index (χ2n) is 9.53. The van der Waals surface area contributed by atoms with Gasteiger partial charge in [-0.05, 0) is 64.4 Å². The lowest BCUT2D eigenvalue weighted by Gasteiger charge is -2.19. The van der Waals surface area contributed by atoms with Crippen LogP contribution in [0.4, 0.5) is 27.5 Å². The summed E-state index contributed by atoms with van der Waals surface area (Å²) >= 11 is 0. The number of benzene rings is 1. The number of likely N-dealkylation sites (N-methyl/N-ethyl adjacent to an activating group) is 1. The van der Waals surface area contributed by atoms with E-state index in [1.165, 1.54) is 18.2 Å². The molecular formula is C28H33FN8O2. The lowest BCUT2D eigenvalue weighted by Crippen LogP contribution is -2.22. The summed E-state index contributed by atoms with van der Waals surface area (Å²) < 4.78 is 22.0. The molecule has 4 rings (SSSR count). The van der Waals surface area contributed by atoms with Gasteiger partial charge >= 0.3 is 0 Å². The number of anilines is 4. The summed E-state index contributed by atoms with van der Waals surface area (Å²) in [5.74, 6) is 0.358. The zero-order valence-corrected chi connectivity index (χ0v) is 22.7. The topological polar surface area (TPSA) is 109 Å². The molecule has 0 aliphatic rings. The molecule has 0 unspecified atom stereocenters. The minimum atomic E-state index is -0.377. The minimum absolute atomic E-state index is 0.167. The van der Waals surface area contributed by atoms with Gasteiger partial charge in [-0.2, -0.15) is 4.98 Å². The quantitative estimate of drug-likeness (QED) is 0.237. The highest BCUT2D eigenvalue weighted by Gasteiger charge is 2.18. The fraction of sp³-hybridized carbons (Fsp3) is 0.286. The van der Waals surface area contributed by atoms with Crippen molar-refractivity contribution in [2.45, 2.75) is 20.0 Å². The second-order valence-corrected chi connectivity index (χ2v) is 9.53. The normalized spacial score (nSPS) is 11.2. The van der Waals surface area contributed by atoms with Crippen molar-refractivity contribution < 1.29 is 13.9 Å². The number of hydrogen-bond donors (Lipinski definition) is 3. The molecule has 0 aliphatic heterocycles. The Hall–Kier alpha value is -4.51. The number of hydrogen-bond acceptors (Lipinski definition) is 8. The van der Waals surface area contributed by atoms with E-state index in [0.29, 0.717) is 35.3 Å². The van der Waals surface area contributed by atoms with E-state index in [2.05, 4.69) is 37.5 Å². The van der Waals surface area contributed by atoms with Crippen molar-refractivity contribution in [2.24, 2.45) is 7.05 Å². The van der Waals surface area contributed by atoms with E-state index >= 15 is 0 Å². The fourth-order valence-electron chi connectivity index (χ4n) is 3.97. The van der Waals surface area contributed by atoms with Crippen LogP contribution in [0.3, 0.4) is 0 Å². The maximum atomic E-state index is 14.0. The molecule has 0 saturated carbocycles. The van der Waals surface area contributed by atoms with Gasteiger partial charge in [0.05, 0.1) is 17.5 Å². The van der Waals surface area contributed by atoms with Crippen LogP contribution in [-0.2, 0) is 11.8 Å². The monoisotopic (exact) mass is 532 g/mol. The van der Waals surface area contributed by atoms with Crippen LogP contribution in [-0.4, -0.2) is 63.6 Å². The number of rotatable bonds is 11. The first-order chi connectivity index (χ1) is 18.6. The number of nitrogens with zero attached hydrogens (tertiary/aromatic N) is 5. The number of carbonyl (C=O) groups is 1.